The smallest absolute Gasteiger partial charge is 0.295 e. The number of aliphatic hydroxyl groups excluding tert-OH is 1. The van der Waals surface area contributed by atoms with Gasteiger partial charge in [0.15, 0.2) is 0 Å². The number of ketones is 1. The highest BCUT2D eigenvalue weighted by molar-refractivity contribution is 6.46. The second-order valence-corrected chi connectivity index (χ2v) is 9.58. The van der Waals surface area contributed by atoms with Gasteiger partial charge in [-0.2, -0.15) is 0 Å². The van der Waals surface area contributed by atoms with Crippen LogP contribution in [0.4, 0.5) is 0 Å². The van der Waals surface area contributed by atoms with E-state index < -0.39 is 17.7 Å². The van der Waals surface area contributed by atoms with Crippen molar-refractivity contribution in [3.05, 3.63) is 136 Å². The van der Waals surface area contributed by atoms with Crippen molar-refractivity contribution in [3.8, 4) is 5.75 Å². The molecule has 4 aromatic rings. The molecule has 0 aliphatic carbocycles. The molecule has 38 heavy (non-hydrogen) atoms. The van der Waals surface area contributed by atoms with Crippen molar-refractivity contribution in [2.24, 2.45) is 0 Å². The van der Waals surface area contributed by atoms with E-state index in [2.05, 4.69) is 11.1 Å². The Morgan fingerprint density at radius 1 is 0.947 bits per heavy atom. The van der Waals surface area contributed by atoms with Gasteiger partial charge in [0.1, 0.15) is 18.1 Å². The minimum Gasteiger partial charge on any atom is -0.507 e. The van der Waals surface area contributed by atoms with Crippen LogP contribution in [-0.4, -0.2) is 26.7 Å². The average molecular weight is 525 g/mol. The average Bonchev–Trinajstić information content (AvgIpc) is 3.17. The number of aliphatic hydroxyl groups is 1. The Labute approximate surface area is 225 Å². The Bertz CT molecular complexity index is 1520. The summed E-state index contributed by atoms with van der Waals surface area (Å²) in [7, 11) is 0. The monoisotopic (exact) mass is 524 g/mol. The molecule has 0 bridgehead atoms. The number of hydrogen-bond acceptors (Lipinski definition) is 5. The van der Waals surface area contributed by atoms with Crippen LogP contribution in [0.1, 0.15) is 33.9 Å². The molecular weight excluding hydrogens is 500 g/mol. The Balaban J connectivity index is 1.47. The first-order chi connectivity index (χ1) is 18.4. The van der Waals surface area contributed by atoms with E-state index in [0.29, 0.717) is 28.5 Å². The number of pyridine rings is 1. The molecule has 190 valence electrons. The van der Waals surface area contributed by atoms with E-state index in [4.69, 9.17) is 16.3 Å². The fourth-order valence-electron chi connectivity index (χ4n) is 4.58. The molecule has 0 radical (unpaired) electrons. The summed E-state index contributed by atoms with van der Waals surface area (Å²) in [6, 6.07) is 24.6. The highest BCUT2D eigenvalue weighted by Gasteiger charge is 2.46. The van der Waals surface area contributed by atoms with Gasteiger partial charge in [0.25, 0.3) is 11.7 Å². The van der Waals surface area contributed by atoms with Crippen molar-refractivity contribution in [1.29, 1.82) is 0 Å². The first-order valence-corrected chi connectivity index (χ1v) is 12.5. The molecule has 1 fully saturated rings. The number of likely N-dealkylation sites (tertiary alicyclic amines) is 1. The fraction of sp³-hybridized carbons (Fsp3) is 0.129. The van der Waals surface area contributed by atoms with Gasteiger partial charge >= 0.3 is 0 Å². The molecule has 0 saturated carbocycles. The van der Waals surface area contributed by atoms with Gasteiger partial charge in [-0.15, -0.1) is 0 Å². The first-order valence-electron chi connectivity index (χ1n) is 12.1. The largest absolute Gasteiger partial charge is 0.507 e. The van der Waals surface area contributed by atoms with Crippen molar-refractivity contribution >= 4 is 29.1 Å². The number of Topliss-reactive ketones (excluding diaryl/α,β-unsaturated/α-hetero) is 1. The number of halogens is 1. The maximum absolute atomic E-state index is 13.3. The predicted octanol–water partition coefficient (Wildman–Crippen LogP) is 6.24. The van der Waals surface area contributed by atoms with Gasteiger partial charge < -0.3 is 14.7 Å². The van der Waals surface area contributed by atoms with E-state index in [9.17, 15) is 14.7 Å². The molecule has 6 nitrogen and oxygen atoms in total. The van der Waals surface area contributed by atoms with Gasteiger partial charge in [0.2, 0.25) is 0 Å². The number of rotatable bonds is 7. The van der Waals surface area contributed by atoms with Crippen molar-refractivity contribution in [1.82, 2.24) is 9.88 Å². The van der Waals surface area contributed by atoms with Crippen molar-refractivity contribution in [3.63, 3.8) is 0 Å². The van der Waals surface area contributed by atoms with Crippen LogP contribution < -0.4 is 4.74 Å². The zero-order valence-corrected chi connectivity index (χ0v) is 21.4. The molecule has 3 aromatic carbocycles. The van der Waals surface area contributed by atoms with Crippen LogP contribution in [0.2, 0.25) is 5.02 Å². The summed E-state index contributed by atoms with van der Waals surface area (Å²) < 4.78 is 5.89. The van der Waals surface area contributed by atoms with Crippen LogP contribution in [0, 0.1) is 6.92 Å². The zero-order valence-electron chi connectivity index (χ0n) is 20.7. The van der Waals surface area contributed by atoms with Crippen LogP contribution in [0.25, 0.3) is 5.76 Å². The number of aryl methyl sites for hydroxylation is 1. The molecular formula is C31H25ClN2O4. The topological polar surface area (TPSA) is 79.7 Å². The third-order valence-electron chi connectivity index (χ3n) is 6.42. The van der Waals surface area contributed by atoms with Gasteiger partial charge in [0, 0.05) is 29.5 Å². The van der Waals surface area contributed by atoms with E-state index >= 15 is 0 Å². The predicted molar refractivity (Wildman–Crippen MR) is 145 cm³/mol. The van der Waals surface area contributed by atoms with Crippen molar-refractivity contribution in [2.75, 3.05) is 0 Å². The number of amides is 1. The van der Waals surface area contributed by atoms with Gasteiger partial charge in [-0.1, -0.05) is 53.6 Å². The van der Waals surface area contributed by atoms with Crippen molar-refractivity contribution in [2.45, 2.75) is 26.1 Å². The zero-order chi connectivity index (χ0) is 26.6. The summed E-state index contributed by atoms with van der Waals surface area (Å²) in [5.41, 5.74) is 4.06. The highest BCUT2D eigenvalue weighted by atomic mass is 35.5. The normalized spacial score (nSPS) is 16.6. The number of aromatic nitrogens is 1. The summed E-state index contributed by atoms with van der Waals surface area (Å²) in [5, 5.41) is 11.8. The van der Waals surface area contributed by atoms with Crippen LogP contribution in [0.5, 0.6) is 5.75 Å². The van der Waals surface area contributed by atoms with Gasteiger partial charge in [0.05, 0.1) is 11.6 Å². The lowest BCUT2D eigenvalue weighted by Crippen LogP contribution is -2.29. The molecule has 0 spiro atoms. The maximum Gasteiger partial charge on any atom is 0.295 e. The summed E-state index contributed by atoms with van der Waals surface area (Å²) in [6.45, 7) is 2.60. The molecule has 1 atom stereocenters. The fourth-order valence-corrected chi connectivity index (χ4v) is 4.78. The number of hydrogen-bond donors (Lipinski definition) is 1. The number of carbonyl (C=O) groups excluding carboxylic acids is 2. The second-order valence-electron chi connectivity index (χ2n) is 9.14. The Kier molecular flexibility index (Phi) is 7.24. The molecule has 1 aliphatic rings. The minimum absolute atomic E-state index is 0.0137. The summed E-state index contributed by atoms with van der Waals surface area (Å²) in [6.07, 6.45) is 3.26. The molecule has 1 N–H and O–H groups in total. The standard InChI is InChI=1S/C31H25ClN2O4/c1-20-4-2-5-22(16-20)19-38-26-10-8-23(9-11-26)29(35)27-28(24-6-3-7-25(32)17-24)34(31(37)30(27)36)18-21-12-14-33-15-13-21/h2-17,28,35H,18-19H2,1H3/b29-27+/t28-/m1/s1. The van der Waals surface area contributed by atoms with Crippen molar-refractivity contribution < 1.29 is 19.4 Å². The third kappa shape index (κ3) is 5.31. The molecule has 1 saturated heterocycles. The van der Waals surface area contributed by atoms with Gasteiger partial charge in [-0.3, -0.25) is 14.6 Å². The first kappa shape index (κ1) is 25.2. The third-order valence-corrected chi connectivity index (χ3v) is 6.66. The summed E-state index contributed by atoms with van der Waals surface area (Å²) >= 11 is 6.26. The van der Waals surface area contributed by atoms with E-state index in [1.807, 2.05) is 25.1 Å². The van der Waals surface area contributed by atoms with E-state index in [1.54, 1.807) is 73.1 Å². The lowest BCUT2D eigenvalue weighted by Gasteiger charge is -2.25. The summed E-state index contributed by atoms with van der Waals surface area (Å²) in [5.74, 6) is -1.07. The second kappa shape index (κ2) is 10.9. The maximum atomic E-state index is 13.3. The lowest BCUT2D eigenvalue weighted by molar-refractivity contribution is -0.140. The van der Waals surface area contributed by atoms with Crippen LogP contribution in [0.15, 0.2) is 103 Å². The number of carbonyl (C=O) groups is 2. The molecule has 1 aromatic heterocycles. The van der Waals surface area contributed by atoms with Crippen LogP contribution in [0.3, 0.4) is 0 Å². The molecule has 2 heterocycles. The quantitative estimate of drug-likeness (QED) is 0.176. The molecule has 7 heteroatoms. The Morgan fingerprint density at radius 2 is 1.68 bits per heavy atom. The molecule has 1 aliphatic heterocycles. The molecule has 0 unspecified atom stereocenters. The number of nitrogens with zero attached hydrogens (tertiary/aromatic N) is 2. The Hall–Kier alpha value is -4.42. The number of benzene rings is 3. The molecule has 5 rings (SSSR count). The van der Waals surface area contributed by atoms with E-state index in [1.165, 1.54) is 4.90 Å². The van der Waals surface area contributed by atoms with Gasteiger partial charge in [-0.05, 0) is 72.1 Å². The van der Waals surface area contributed by atoms with Crippen LogP contribution >= 0.6 is 11.6 Å². The Morgan fingerprint density at radius 3 is 2.39 bits per heavy atom. The highest BCUT2D eigenvalue weighted by Crippen LogP contribution is 2.41. The van der Waals surface area contributed by atoms with E-state index in [0.717, 1.165) is 16.7 Å². The lowest BCUT2D eigenvalue weighted by atomic mass is 9.95. The SMILES string of the molecule is Cc1cccc(COc2ccc(/C(O)=C3\C(=O)C(=O)N(Cc4ccncc4)[C@@H]3c3cccc(Cl)c3)cc2)c1. The molecule has 1 amide bonds. The summed E-state index contributed by atoms with van der Waals surface area (Å²) in [4.78, 5) is 31.9. The number of ether oxygens (including phenoxy) is 1. The minimum atomic E-state index is -0.806. The van der Waals surface area contributed by atoms with Gasteiger partial charge in [-0.25, -0.2) is 0 Å². The van der Waals surface area contributed by atoms with Crippen LogP contribution in [-0.2, 0) is 22.7 Å². The van der Waals surface area contributed by atoms with E-state index in [-0.39, 0.29) is 17.9 Å².